The highest BCUT2D eigenvalue weighted by Gasteiger charge is 2.11. The van der Waals surface area contributed by atoms with Gasteiger partial charge in [0.25, 0.3) is 5.91 Å². The van der Waals surface area contributed by atoms with Crippen LogP contribution in [0.15, 0.2) is 52.4 Å². The Morgan fingerprint density at radius 2 is 2.08 bits per heavy atom. The lowest BCUT2D eigenvalue weighted by atomic mass is 10.2. The van der Waals surface area contributed by atoms with Crippen LogP contribution in [0.3, 0.4) is 0 Å². The molecule has 3 heterocycles. The third kappa shape index (κ3) is 3.95. The summed E-state index contributed by atoms with van der Waals surface area (Å²) in [6.07, 6.45) is 1.49. The van der Waals surface area contributed by atoms with Gasteiger partial charge in [0.05, 0.1) is 5.69 Å². The molecular weight excluding hydrogens is 390 g/mol. The number of rotatable bonds is 6. The number of hydrogen-bond acceptors (Lipinski definition) is 9. The van der Waals surface area contributed by atoms with Gasteiger partial charge in [-0.25, -0.2) is 4.68 Å². The van der Waals surface area contributed by atoms with E-state index in [1.54, 1.807) is 47.4 Å². The summed E-state index contributed by atoms with van der Waals surface area (Å²) in [5, 5.41) is 24.4. The molecule has 11 heteroatoms. The van der Waals surface area contributed by atoms with E-state index < -0.39 is 0 Å². The molecule has 1 aromatic carbocycles. The van der Waals surface area contributed by atoms with Crippen molar-refractivity contribution in [2.24, 2.45) is 0 Å². The standard InChI is InChI=1S/C15H11N7OS3/c23-13(10-3-5-11(6-4-10)22-9-16-20-21-22)17-14-18-19-15(26-14)25-8-12-2-1-7-24-12/h1-7,9H,8H2,(H,17,18,23). The molecule has 0 atom stereocenters. The number of carbonyl (C=O) groups excluding carboxylic acids is 1. The Kier molecular flexibility index (Phi) is 5.00. The minimum absolute atomic E-state index is 0.237. The second kappa shape index (κ2) is 7.72. The predicted molar refractivity (Wildman–Crippen MR) is 101 cm³/mol. The number of aromatic nitrogens is 6. The summed E-state index contributed by atoms with van der Waals surface area (Å²) in [6, 6.07) is 11.1. The van der Waals surface area contributed by atoms with E-state index >= 15 is 0 Å². The van der Waals surface area contributed by atoms with Crippen molar-refractivity contribution in [1.29, 1.82) is 0 Å². The van der Waals surface area contributed by atoms with Crippen molar-refractivity contribution in [2.45, 2.75) is 10.1 Å². The highest BCUT2D eigenvalue weighted by molar-refractivity contribution is 8.00. The number of nitrogens with zero attached hydrogens (tertiary/aromatic N) is 6. The maximum absolute atomic E-state index is 12.3. The number of thiophene rings is 1. The van der Waals surface area contributed by atoms with E-state index in [9.17, 15) is 4.79 Å². The summed E-state index contributed by atoms with van der Waals surface area (Å²) in [7, 11) is 0. The van der Waals surface area contributed by atoms with Crippen molar-refractivity contribution >= 4 is 45.5 Å². The predicted octanol–water partition coefficient (Wildman–Crippen LogP) is 3.12. The van der Waals surface area contributed by atoms with Gasteiger partial charge in [-0.1, -0.05) is 29.2 Å². The lowest BCUT2D eigenvalue weighted by molar-refractivity contribution is 0.102. The number of carbonyl (C=O) groups is 1. The van der Waals surface area contributed by atoms with Crippen LogP contribution >= 0.6 is 34.4 Å². The fourth-order valence-electron chi connectivity index (χ4n) is 2.06. The first-order valence-corrected chi connectivity index (χ1v) is 10.1. The van der Waals surface area contributed by atoms with Crippen molar-refractivity contribution < 1.29 is 4.79 Å². The Balaban J connectivity index is 1.37. The molecule has 0 aliphatic heterocycles. The normalized spacial score (nSPS) is 10.8. The summed E-state index contributed by atoms with van der Waals surface area (Å²) in [5.41, 5.74) is 1.29. The van der Waals surface area contributed by atoms with Crippen LogP contribution in [0.5, 0.6) is 0 Å². The lowest BCUT2D eigenvalue weighted by Crippen LogP contribution is -2.11. The number of nitrogens with one attached hydrogen (secondary N) is 1. The number of anilines is 1. The highest BCUT2D eigenvalue weighted by Crippen LogP contribution is 2.29. The molecule has 0 aliphatic rings. The highest BCUT2D eigenvalue weighted by atomic mass is 32.2. The first-order valence-electron chi connectivity index (χ1n) is 7.41. The maximum Gasteiger partial charge on any atom is 0.257 e. The molecule has 0 saturated heterocycles. The minimum Gasteiger partial charge on any atom is -0.296 e. The molecule has 0 radical (unpaired) electrons. The molecule has 0 bridgehead atoms. The fraction of sp³-hybridized carbons (Fsp3) is 0.0667. The zero-order valence-electron chi connectivity index (χ0n) is 13.1. The van der Waals surface area contributed by atoms with Gasteiger partial charge in [0.15, 0.2) is 4.34 Å². The number of benzene rings is 1. The van der Waals surface area contributed by atoms with Crippen LogP contribution in [0, 0.1) is 0 Å². The van der Waals surface area contributed by atoms with Crippen LogP contribution < -0.4 is 5.32 Å². The van der Waals surface area contributed by atoms with Gasteiger partial charge in [-0.3, -0.25) is 10.1 Å². The molecule has 4 rings (SSSR count). The number of thioether (sulfide) groups is 1. The van der Waals surface area contributed by atoms with Gasteiger partial charge in [-0.05, 0) is 46.1 Å². The number of hydrogen-bond donors (Lipinski definition) is 1. The lowest BCUT2D eigenvalue weighted by Gasteiger charge is -2.03. The first kappa shape index (κ1) is 16.8. The van der Waals surface area contributed by atoms with Gasteiger partial charge in [-0.15, -0.1) is 26.6 Å². The van der Waals surface area contributed by atoms with E-state index in [-0.39, 0.29) is 5.91 Å². The van der Waals surface area contributed by atoms with E-state index in [2.05, 4.69) is 37.1 Å². The number of tetrazole rings is 1. The first-order chi connectivity index (χ1) is 12.8. The van der Waals surface area contributed by atoms with E-state index in [1.165, 1.54) is 27.2 Å². The second-order valence-electron chi connectivity index (χ2n) is 5.00. The van der Waals surface area contributed by atoms with Gasteiger partial charge < -0.3 is 0 Å². The zero-order chi connectivity index (χ0) is 17.8. The second-order valence-corrected chi connectivity index (χ2v) is 8.23. The Morgan fingerprint density at radius 3 is 2.81 bits per heavy atom. The molecule has 0 fully saturated rings. The molecule has 0 saturated carbocycles. The van der Waals surface area contributed by atoms with Crippen LogP contribution in [0.2, 0.25) is 0 Å². The third-order valence-electron chi connectivity index (χ3n) is 3.29. The largest absolute Gasteiger partial charge is 0.296 e. The summed E-state index contributed by atoms with van der Waals surface area (Å²) in [5.74, 6) is 0.609. The average Bonchev–Trinajstić information content (AvgIpc) is 3.42. The molecule has 8 nitrogen and oxygen atoms in total. The quantitative estimate of drug-likeness (QED) is 0.391. The maximum atomic E-state index is 12.3. The van der Waals surface area contributed by atoms with Gasteiger partial charge in [0.1, 0.15) is 6.33 Å². The van der Waals surface area contributed by atoms with Crippen molar-refractivity contribution in [2.75, 3.05) is 5.32 Å². The van der Waals surface area contributed by atoms with Gasteiger partial charge in [-0.2, -0.15) is 0 Å². The van der Waals surface area contributed by atoms with E-state index in [4.69, 9.17) is 0 Å². The van der Waals surface area contributed by atoms with Crippen LogP contribution in [-0.4, -0.2) is 36.3 Å². The van der Waals surface area contributed by atoms with Crippen LogP contribution in [0.1, 0.15) is 15.2 Å². The topological polar surface area (TPSA) is 98.5 Å². The monoisotopic (exact) mass is 401 g/mol. The zero-order valence-corrected chi connectivity index (χ0v) is 15.6. The van der Waals surface area contributed by atoms with Crippen molar-refractivity contribution in [3.05, 3.63) is 58.5 Å². The molecule has 0 aliphatic carbocycles. The van der Waals surface area contributed by atoms with Crippen LogP contribution in [0.4, 0.5) is 5.13 Å². The molecule has 0 spiro atoms. The Labute approximate surface area is 160 Å². The summed E-state index contributed by atoms with van der Waals surface area (Å²) >= 11 is 4.68. The van der Waals surface area contributed by atoms with Gasteiger partial charge in [0.2, 0.25) is 5.13 Å². The number of amides is 1. The molecular formula is C15H11N7OS3. The SMILES string of the molecule is O=C(Nc1nnc(SCc2cccs2)s1)c1ccc(-n2cnnn2)cc1. The smallest absolute Gasteiger partial charge is 0.257 e. The van der Waals surface area contributed by atoms with E-state index in [1.807, 2.05) is 11.4 Å². The summed E-state index contributed by atoms with van der Waals surface area (Å²) < 4.78 is 2.34. The molecule has 1 amide bonds. The molecule has 130 valence electrons. The Bertz CT molecular complexity index is 981. The van der Waals surface area contributed by atoms with Gasteiger partial charge in [0, 0.05) is 16.2 Å². The Morgan fingerprint density at radius 1 is 1.19 bits per heavy atom. The van der Waals surface area contributed by atoms with E-state index in [0.29, 0.717) is 10.7 Å². The Hall–Kier alpha value is -2.63. The molecule has 0 unspecified atom stereocenters. The molecule has 4 aromatic rings. The minimum atomic E-state index is -0.237. The summed E-state index contributed by atoms with van der Waals surface area (Å²) in [4.78, 5) is 13.6. The van der Waals surface area contributed by atoms with E-state index in [0.717, 1.165) is 15.8 Å². The van der Waals surface area contributed by atoms with Crippen LogP contribution in [-0.2, 0) is 5.75 Å². The van der Waals surface area contributed by atoms with Gasteiger partial charge >= 0.3 is 0 Å². The molecule has 3 aromatic heterocycles. The van der Waals surface area contributed by atoms with Crippen molar-refractivity contribution in [3.63, 3.8) is 0 Å². The average molecular weight is 402 g/mol. The van der Waals surface area contributed by atoms with Crippen LogP contribution in [0.25, 0.3) is 5.69 Å². The van der Waals surface area contributed by atoms with Crippen molar-refractivity contribution in [1.82, 2.24) is 30.4 Å². The third-order valence-corrected chi connectivity index (χ3v) is 6.37. The summed E-state index contributed by atoms with van der Waals surface area (Å²) in [6.45, 7) is 0. The molecule has 1 N–H and O–H groups in total. The fourth-order valence-corrected chi connectivity index (χ4v) is 4.58. The van der Waals surface area contributed by atoms with Crippen molar-refractivity contribution in [3.8, 4) is 5.69 Å². The molecule has 26 heavy (non-hydrogen) atoms.